The number of benzene rings is 1. The summed E-state index contributed by atoms with van der Waals surface area (Å²) >= 11 is 0. The zero-order valence-electron chi connectivity index (χ0n) is 10.7. The van der Waals surface area contributed by atoms with Crippen LogP contribution in [0.5, 0.6) is 0 Å². The zero-order chi connectivity index (χ0) is 13.1. The molecule has 0 unspecified atom stereocenters. The Hall–Kier alpha value is -2.10. The van der Waals surface area contributed by atoms with E-state index in [4.69, 9.17) is 0 Å². The van der Waals surface area contributed by atoms with Crippen molar-refractivity contribution in [1.29, 1.82) is 0 Å². The van der Waals surface area contributed by atoms with Crippen LogP contribution in [0.15, 0.2) is 47.4 Å². The molecule has 2 aromatic rings. The molecule has 0 saturated heterocycles. The molecule has 0 spiro atoms. The lowest BCUT2D eigenvalue weighted by Gasteiger charge is -2.27. The second kappa shape index (κ2) is 5.26. The molecule has 0 radical (unpaired) electrons. The number of anilines is 1. The van der Waals surface area contributed by atoms with E-state index in [2.05, 4.69) is 10.4 Å². The number of nitrogens with one attached hydrogen (secondary N) is 1. The highest BCUT2D eigenvalue weighted by Gasteiger charge is 2.17. The Kier molecular flexibility index (Phi) is 3.31. The first-order chi connectivity index (χ1) is 9.31. The maximum Gasteiger partial charge on any atom is 0.269 e. The lowest BCUT2D eigenvalue weighted by atomic mass is 9.93. The predicted octanol–water partition coefficient (Wildman–Crippen LogP) is 2.26. The molecule has 0 amide bonds. The van der Waals surface area contributed by atoms with E-state index in [1.54, 1.807) is 12.3 Å². The van der Waals surface area contributed by atoms with Crippen LogP contribution >= 0.6 is 0 Å². The molecule has 1 saturated carbocycles. The molecule has 1 aliphatic rings. The Morgan fingerprint density at radius 3 is 2.68 bits per heavy atom. The maximum absolute atomic E-state index is 12.0. The Morgan fingerprint density at radius 1 is 1.26 bits per heavy atom. The molecule has 1 heterocycles. The summed E-state index contributed by atoms with van der Waals surface area (Å²) < 4.78 is 1.49. The van der Waals surface area contributed by atoms with Crippen molar-refractivity contribution in [1.82, 2.24) is 9.78 Å². The fraction of sp³-hybridized carbons (Fsp3) is 0.333. The van der Waals surface area contributed by atoms with E-state index in [1.165, 1.54) is 23.9 Å². The smallest absolute Gasteiger partial charge is 0.269 e. The van der Waals surface area contributed by atoms with Crippen LogP contribution in [-0.2, 0) is 6.54 Å². The summed E-state index contributed by atoms with van der Waals surface area (Å²) in [5.74, 6) is 0. The van der Waals surface area contributed by atoms with E-state index in [-0.39, 0.29) is 5.56 Å². The molecule has 0 aliphatic heterocycles. The summed E-state index contributed by atoms with van der Waals surface area (Å²) in [5, 5.41) is 7.56. The largest absolute Gasteiger partial charge is 0.381 e. The highest BCUT2D eigenvalue weighted by molar-refractivity contribution is 5.40. The second-order valence-corrected chi connectivity index (χ2v) is 5.00. The Bertz CT molecular complexity index is 602. The van der Waals surface area contributed by atoms with Gasteiger partial charge in [0, 0.05) is 12.1 Å². The zero-order valence-corrected chi connectivity index (χ0v) is 10.7. The molecule has 1 N–H and O–H groups in total. The van der Waals surface area contributed by atoms with Crippen LogP contribution in [0.1, 0.15) is 24.8 Å². The van der Waals surface area contributed by atoms with Crippen molar-refractivity contribution in [2.75, 3.05) is 5.32 Å². The van der Waals surface area contributed by atoms with Gasteiger partial charge in [0.2, 0.25) is 0 Å². The summed E-state index contributed by atoms with van der Waals surface area (Å²) in [6.07, 6.45) is 5.39. The monoisotopic (exact) mass is 255 g/mol. The van der Waals surface area contributed by atoms with E-state index in [0.29, 0.717) is 12.6 Å². The Labute approximate surface area is 112 Å². The molecule has 1 aromatic heterocycles. The summed E-state index contributed by atoms with van der Waals surface area (Å²) in [6, 6.07) is 12.0. The highest BCUT2D eigenvalue weighted by Crippen LogP contribution is 2.22. The third-order valence-corrected chi connectivity index (χ3v) is 3.52. The normalized spacial score (nSPS) is 14.9. The van der Waals surface area contributed by atoms with Gasteiger partial charge in [0.05, 0.1) is 18.4 Å². The molecule has 0 atom stereocenters. The highest BCUT2D eigenvalue weighted by atomic mass is 16.1. The van der Waals surface area contributed by atoms with E-state index < -0.39 is 0 Å². The van der Waals surface area contributed by atoms with E-state index >= 15 is 0 Å². The van der Waals surface area contributed by atoms with Gasteiger partial charge in [-0.25, -0.2) is 4.68 Å². The van der Waals surface area contributed by atoms with Crippen LogP contribution in [0.2, 0.25) is 0 Å². The van der Waals surface area contributed by atoms with Gasteiger partial charge < -0.3 is 5.32 Å². The lowest BCUT2D eigenvalue weighted by Crippen LogP contribution is -2.29. The molecule has 0 bridgehead atoms. The van der Waals surface area contributed by atoms with Gasteiger partial charge in [-0.2, -0.15) is 5.10 Å². The van der Waals surface area contributed by atoms with Crippen molar-refractivity contribution >= 4 is 5.69 Å². The van der Waals surface area contributed by atoms with Gasteiger partial charge >= 0.3 is 0 Å². The van der Waals surface area contributed by atoms with Crippen molar-refractivity contribution in [3.8, 4) is 0 Å². The van der Waals surface area contributed by atoms with Gasteiger partial charge in [0.25, 0.3) is 5.56 Å². The first-order valence-corrected chi connectivity index (χ1v) is 6.69. The average Bonchev–Trinajstić information content (AvgIpc) is 2.38. The van der Waals surface area contributed by atoms with Crippen LogP contribution in [0.4, 0.5) is 5.69 Å². The van der Waals surface area contributed by atoms with E-state index in [0.717, 1.165) is 11.3 Å². The maximum atomic E-state index is 12.0. The fourth-order valence-electron chi connectivity index (χ4n) is 2.18. The third-order valence-electron chi connectivity index (χ3n) is 3.52. The first kappa shape index (κ1) is 12.0. The van der Waals surface area contributed by atoms with Crippen molar-refractivity contribution < 1.29 is 0 Å². The molecule has 1 aliphatic carbocycles. The molecule has 1 aromatic carbocycles. The third kappa shape index (κ3) is 2.84. The van der Waals surface area contributed by atoms with Crippen molar-refractivity contribution in [3.05, 3.63) is 58.5 Å². The molecule has 4 heteroatoms. The van der Waals surface area contributed by atoms with Crippen LogP contribution in [0.25, 0.3) is 0 Å². The number of rotatable bonds is 4. The van der Waals surface area contributed by atoms with Crippen LogP contribution in [0, 0.1) is 0 Å². The molecule has 4 nitrogen and oxygen atoms in total. The summed E-state index contributed by atoms with van der Waals surface area (Å²) in [7, 11) is 0. The lowest BCUT2D eigenvalue weighted by molar-refractivity contribution is 0.445. The minimum atomic E-state index is -0.0619. The second-order valence-electron chi connectivity index (χ2n) is 5.00. The standard InChI is InChI=1S/C15H17N3O/c19-15-9-14(17-13-7-4-8-13)10-16-18(15)11-12-5-2-1-3-6-12/h1-3,5-6,9-10,13,17H,4,7-8,11H2. The molecule has 3 rings (SSSR count). The van der Waals surface area contributed by atoms with Crippen LogP contribution < -0.4 is 10.9 Å². The fourth-order valence-corrected chi connectivity index (χ4v) is 2.18. The Balaban J connectivity index is 1.74. The van der Waals surface area contributed by atoms with Gasteiger partial charge in [-0.1, -0.05) is 30.3 Å². The predicted molar refractivity (Wildman–Crippen MR) is 75.3 cm³/mol. The molecule has 1 fully saturated rings. The number of nitrogens with zero attached hydrogens (tertiary/aromatic N) is 2. The molecular weight excluding hydrogens is 238 g/mol. The van der Waals surface area contributed by atoms with E-state index in [1.807, 2.05) is 30.3 Å². The van der Waals surface area contributed by atoms with Gasteiger partial charge in [0.15, 0.2) is 0 Å². The van der Waals surface area contributed by atoms with Gasteiger partial charge in [-0.15, -0.1) is 0 Å². The van der Waals surface area contributed by atoms with Crippen LogP contribution in [0.3, 0.4) is 0 Å². The van der Waals surface area contributed by atoms with Crippen molar-refractivity contribution in [2.45, 2.75) is 31.8 Å². The molecule has 98 valence electrons. The van der Waals surface area contributed by atoms with Gasteiger partial charge in [0.1, 0.15) is 0 Å². The van der Waals surface area contributed by atoms with E-state index in [9.17, 15) is 4.79 Å². The summed E-state index contributed by atoms with van der Waals surface area (Å²) in [4.78, 5) is 12.0. The van der Waals surface area contributed by atoms with Gasteiger partial charge in [-0.05, 0) is 24.8 Å². The van der Waals surface area contributed by atoms with Crippen molar-refractivity contribution in [2.24, 2.45) is 0 Å². The minimum absolute atomic E-state index is 0.0619. The summed E-state index contributed by atoms with van der Waals surface area (Å²) in [6.45, 7) is 0.517. The molecule has 19 heavy (non-hydrogen) atoms. The average molecular weight is 255 g/mol. The Morgan fingerprint density at radius 2 is 2.05 bits per heavy atom. The SMILES string of the molecule is O=c1cc(NC2CCC2)cnn1Cc1ccccc1. The number of aromatic nitrogens is 2. The number of hydrogen-bond donors (Lipinski definition) is 1. The van der Waals surface area contributed by atoms with Crippen LogP contribution in [-0.4, -0.2) is 15.8 Å². The minimum Gasteiger partial charge on any atom is -0.381 e. The van der Waals surface area contributed by atoms with Gasteiger partial charge in [-0.3, -0.25) is 4.79 Å². The topological polar surface area (TPSA) is 46.9 Å². The summed E-state index contributed by atoms with van der Waals surface area (Å²) in [5.41, 5.74) is 1.85. The first-order valence-electron chi connectivity index (χ1n) is 6.69. The molecular formula is C15H17N3O. The van der Waals surface area contributed by atoms with Crippen molar-refractivity contribution in [3.63, 3.8) is 0 Å². The number of hydrogen-bond acceptors (Lipinski definition) is 3. The quantitative estimate of drug-likeness (QED) is 0.911.